The summed E-state index contributed by atoms with van der Waals surface area (Å²) in [5.41, 5.74) is 0.582. The quantitative estimate of drug-likeness (QED) is 0.268. The third-order valence-electron chi connectivity index (χ3n) is 9.64. The van der Waals surface area contributed by atoms with Crippen LogP contribution in [0.5, 0.6) is 0 Å². The maximum atomic E-state index is 14.2. The Labute approximate surface area is 281 Å². The number of anilines is 1. The second-order valence-electron chi connectivity index (χ2n) is 14.3. The number of halogens is 2. The van der Waals surface area contributed by atoms with Gasteiger partial charge < -0.3 is 24.8 Å². The van der Waals surface area contributed by atoms with Crippen molar-refractivity contribution in [3.8, 4) is 5.82 Å². The number of aliphatic hydroxyl groups is 1. The number of para-hydroxylation sites is 2. The second kappa shape index (κ2) is 15.1. The third kappa shape index (κ3) is 8.30. The van der Waals surface area contributed by atoms with E-state index in [1.165, 1.54) is 4.57 Å². The van der Waals surface area contributed by atoms with Crippen molar-refractivity contribution in [3.63, 3.8) is 0 Å². The Morgan fingerprint density at radius 2 is 1.77 bits per heavy atom. The molecule has 1 aromatic carbocycles. The minimum Gasteiger partial charge on any atom is -0.378 e. The summed E-state index contributed by atoms with van der Waals surface area (Å²) in [4.78, 5) is 31.0. The SMILES string of the molecule is CC(C)(C)OC(O)N1CCC[C@@H]1C(=O)NC1CCC(CCCc2nc(N3CCOCC3)cc(-n3c(C(F)F)nc4ccccc43)n2)CC1. The molecule has 1 unspecified atom stereocenters. The van der Waals surface area contributed by atoms with E-state index in [9.17, 15) is 18.7 Å². The Hall–Kier alpha value is -3.26. The summed E-state index contributed by atoms with van der Waals surface area (Å²) >= 11 is 0. The van der Waals surface area contributed by atoms with Crippen molar-refractivity contribution in [2.24, 2.45) is 5.92 Å². The molecular weight excluding hydrogens is 620 g/mol. The number of likely N-dealkylation sites (tertiary alicyclic amines) is 1. The molecule has 3 aromatic rings. The predicted octanol–water partition coefficient (Wildman–Crippen LogP) is 5.14. The number of alkyl halides is 2. The number of nitrogens with one attached hydrogen (secondary N) is 1. The first kappa shape index (κ1) is 34.6. The van der Waals surface area contributed by atoms with Crippen LogP contribution in [-0.4, -0.2) is 92.4 Å². The molecule has 6 rings (SSSR count). The number of aryl methyl sites for hydroxylation is 1. The Balaban J connectivity index is 1.07. The molecule has 0 spiro atoms. The van der Waals surface area contributed by atoms with Crippen LogP contribution in [0.15, 0.2) is 30.3 Å². The molecule has 2 aromatic heterocycles. The minimum atomic E-state index is -2.76. The first-order valence-electron chi connectivity index (χ1n) is 17.4. The van der Waals surface area contributed by atoms with Gasteiger partial charge in [-0.1, -0.05) is 18.6 Å². The van der Waals surface area contributed by atoms with Gasteiger partial charge in [-0.25, -0.2) is 28.6 Å². The van der Waals surface area contributed by atoms with Gasteiger partial charge in [0.2, 0.25) is 12.3 Å². The number of ether oxygens (including phenoxy) is 2. The number of imidazole rings is 1. The summed E-state index contributed by atoms with van der Waals surface area (Å²) in [6.45, 7) is 8.82. The number of morpholine rings is 1. The monoisotopic (exact) mass is 669 g/mol. The van der Waals surface area contributed by atoms with Crippen LogP contribution in [0.2, 0.25) is 0 Å². The van der Waals surface area contributed by atoms with Gasteiger partial charge in [0.1, 0.15) is 17.5 Å². The van der Waals surface area contributed by atoms with E-state index in [4.69, 9.17) is 19.4 Å². The number of fused-ring (bicyclic) bond motifs is 1. The number of carbonyl (C=O) groups is 1. The van der Waals surface area contributed by atoms with Crippen LogP contribution >= 0.6 is 0 Å². The fourth-order valence-corrected chi connectivity index (χ4v) is 7.24. The fraction of sp³-hybridized carbons (Fsp3) is 0.657. The average Bonchev–Trinajstić information content (AvgIpc) is 3.71. The van der Waals surface area contributed by atoms with Crippen molar-refractivity contribution in [3.05, 3.63) is 42.0 Å². The topological polar surface area (TPSA) is 118 Å². The molecule has 11 nitrogen and oxygen atoms in total. The van der Waals surface area contributed by atoms with Crippen molar-refractivity contribution in [2.75, 3.05) is 37.7 Å². The zero-order valence-corrected chi connectivity index (χ0v) is 28.3. The standard InChI is InChI=1S/C35H49F2N7O4/c1-35(2,3)48-34(46)43-17-7-11-27(43)33(45)38-24-15-13-23(14-16-24)8-6-12-28-40-29(42-18-20-47-21-19-42)22-30(41-28)44-26-10-5-4-9-25(26)39-32(44)31(36)37/h4-5,9-10,22-24,27,31,34,46H,6-8,11-21H2,1-3H3,(H,38,45)/t23?,24?,27-,34?/m1/s1. The maximum absolute atomic E-state index is 14.2. The lowest BCUT2D eigenvalue weighted by Gasteiger charge is -2.34. The lowest BCUT2D eigenvalue weighted by molar-refractivity contribution is -0.241. The highest BCUT2D eigenvalue weighted by molar-refractivity contribution is 5.82. The average molecular weight is 670 g/mol. The van der Waals surface area contributed by atoms with E-state index in [-0.39, 0.29) is 23.8 Å². The van der Waals surface area contributed by atoms with Crippen molar-refractivity contribution in [1.82, 2.24) is 29.7 Å². The van der Waals surface area contributed by atoms with E-state index < -0.39 is 18.4 Å². The minimum absolute atomic E-state index is 0.0266. The zero-order chi connectivity index (χ0) is 33.8. The molecule has 2 atom stereocenters. The molecule has 2 N–H and O–H groups in total. The van der Waals surface area contributed by atoms with Crippen LogP contribution in [0.25, 0.3) is 16.9 Å². The Morgan fingerprint density at radius 1 is 1.04 bits per heavy atom. The number of hydrogen-bond donors (Lipinski definition) is 2. The molecule has 2 saturated heterocycles. The number of aliphatic hydroxyl groups excluding tert-OH is 1. The van der Waals surface area contributed by atoms with Crippen molar-refractivity contribution < 1.29 is 28.2 Å². The number of carbonyl (C=O) groups excluding carboxylic acids is 1. The van der Waals surface area contributed by atoms with Gasteiger partial charge in [0.25, 0.3) is 6.43 Å². The molecule has 262 valence electrons. The van der Waals surface area contributed by atoms with Gasteiger partial charge in [0, 0.05) is 38.2 Å². The molecule has 3 aliphatic rings. The second-order valence-corrected chi connectivity index (χ2v) is 14.3. The van der Waals surface area contributed by atoms with Crippen LogP contribution < -0.4 is 10.2 Å². The first-order chi connectivity index (χ1) is 23.1. The number of rotatable bonds is 11. The highest BCUT2D eigenvalue weighted by Gasteiger charge is 2.38. The van der Waals surface area contributed by atoms with Crippen LogP contribution in [0.4, 0.5) is 14.6 Å². The molecule has 0 radical (unpaired) electrons. The molecule has 4 heterocycles. The van der Waals surface area contributed by atoms with E-state index in [2.05, 4.69) is 15.2 Å². The van der Waals surface area contributed by atoms with Crippen LogP contribution in [0, 0.1) is 5.92 Å². The lowest BCUT2D eigenvalue weighted by atomic mass is 9.83. The maximum Gasteiger partial charge on any atom is 0.296 e. The van der Waals surface area contributed by atoms with Gasteiger partial charge in [-0.05, 0) is 83.8 Å². The Bertz CT molecular complexity index is 1530. The number of amides is 1. The number of hydrogen-bond acceptors (Lipinski definition) is 9. The normalized spacial score (nSPS) is 23.2. The molecular formula is C35H49F2N7O4. The van der Waals surface area contributed by atoms with Gasteiger partial charge in [-0.2, -0.15) is 0 Å². The number of nitrogens with zero attached hydrogens (tertiary/aromatic N) is 6. The molecule has 1 amide bonds. The summed E-state index contributed by atoms with van der Waals surface area (Å²) in [7, 11) is 0. The Kier molecular flexibility index (Phi) is 10.9. The summed E-state index contributed by atoms with van der Waals surface area (Å²) in [5, 5.41) is 13.9. The molecule has 3 fully saturated rings. The van der Waals surface area contributed by atoms with Gasteiger partial charge in [0.05, 0.1) is 35.9 Å². The summed E-state index contributed by atoms with van der Waals surface area (Å²) in [6.07, 6.45) is 4.10. The van der Waals surface area contributed by atoms with E-state index in [0.717, 1.165) is 44.9 Å². The third-order valence-corrected chi connectivity index (χ3v) is 9.64. The van der Waals surface area contributed by atoms with Crippen LogP contribution in [0.1, 0.15) is 90.2 Å². The number of benzene rings is 1. The van der Waals surface area contributed by atoms with Crippen molar-refractivity contribution in [2.45, 2.75) is 109 Å². The van der Waals surface area contributed by atoms with Gasteiger partial charge in [0.15, 0.2) is 5.82 Å². The first-order valence-corrected chi connectivity index (χ1v) is 17.4. The smallest absolute Gasteiger partial charge is 0.296 e. The summed E-state index contributed by atoms with van der Waals surface area (Å²) in [5.74, 6) is 1.93. The molecule has 0 bridgehead atoms. The van der Waals surface area contributed by atoms with E-state index >= 15 is 0 Å². The van der Waals surface area contributed by atoms with Crippen molar-refractivity contribution in [1.29, 1.82) is 0 Å². The number of aromatic nitrogens is 4. The highest BCUT2D eigenvalue weighted by atomic mass is 19.3. The van der Waals surface area contributed by atoms with Crippen LogP contribution in [-0.2, 0) is 20.7 Å². The van der Waals surface area contributed by atoms with Crippen molar-refractivity contribution >= 4 is 22.8 Å². The van der Waals surface area contributed by atoms with Gasteiger partial charge >= 0.3 is 0 Å². The van der Waals surface area contributed by atoms with E-state index in [0.29, 0.717) is 80.1 Å². The van der Waals surface area contributed by atoms with Crippen LogP contribution in [0.3, 0.4) is 0 Å². The van der Waals surface area contributed by atoms with E-state index in [1.54, 1.807) is 29.2 Å². The highest BCUT2D eigenvalue weighted by Crippen LogP contribution is 2.31. The molecule has 48 heavy (non-hydrogen) atoms. The summed E-state index contributed by atoms with van der Waals surface area (Å²) < 4.78 is 41.1. The fourth-order valence-electron chi connectivity index (χ4n) is 7.24. The molecule has 2 aliphatic heterocycles. The molecule has 1 saturated carbocycles. The van der Waals surface area contributed by atoms with E-state index in [1.807, 2.05) is 26.8 Å². The lowest BCUT2D eigenvalue weighted by Crippen LogP contribution is -2.52. The predicted molar refractivity (Wildman–Crippen MR) is 178 cm³/mol. The summed E-state index contributed by atoms with van der Waals surface area (Å²) in [6, 6.07) is 8.67. The molecule has 13 heteroatoms. The zero-order valence-electron chi connectivity index (χ0n) is 28.3. The molecule has 1 aliphatic carbocycles. The van der Waals surface area contributed by atoms with Gasteiger partial charge in [-0.15, -0.1) is 0 Å². The Morgan fingerprint density at radius 3 is 2.50 bits per heavy atom. The largest absolute Gasteiger partial charge is 0.378 e. The van der Waals surface area contributed by atoms with Gasteiger partial charge in [-0.3, -0.25) is 9.36 Å².